The molecule has 0 radical (unpaired) electrons. The molecule has 0 heterocycles. The Labute approximate surface area is 37.3 Å². The summed E-state index contributed by atoms with van der Waals surface area (Å²) in [4.78, 5) is 0. The van der Waals surface area contributed by atoms with E-state index in [-0.39, 0.29) is 0 Å². The molecule has 30 valence electrons. The summed E-state index contributed by atoms with van der Waals surface area (Å²) in [7, 11) is 0. The van der Waals surface area contributed by atoms with Crippen LogP contribution in [-0.4, -0.2) is 0 Å². The fourth-order valence-corrected chi connectivity index (χ4v) is 0.183. The number of allylic oxidation sites excluding steroid dienone is 1. The number of hydrogen-bond donors (Lipinski definition) is 1. The van der Waals surface area contributed by atoms with Crippen LogP contribution in [0.3, 0.4) is 0 Å². The molecule has 1 nitrogen and oxygen atoms in total. The lowest BCUT2D eigenvalue weighted by Crippen LogP contribution is -1.45. The molecule has 0 saturated carbocycles. The predicted molar refractivity (Wildman–Crippen MR) is 24.9 cm³/mol. The zero-order valence-corrected chi connectivity index (χ0v) is 3.90. The second kappa shape index (κ2) is 3.89. The number of thiol groups is 1. The van der Waals surface area contributed by atoms with Gasteiger partial charge in [0, 0.05) is 12.9 Å². The largest absolute Gasteiger partial charge is 0.437 e. The normalized spacial score (nSPS) is 9.20. The van der Waals surface area contributed by atoms with Crippen molar-refractivity contribution in [1.29, 1.82) is 0 Å². The van der Waals surface area contributed by atoms with Crippen LogP contribution in [0.15, 0.2) is 12.3 Å². The van der Waals surface area contributed by atoms with E-state index in [2.05, 4.69) is 17.1 Å². The molecule has 0 aliphatic carbocycles. The molecule has 0 aliphatic rings. The van der Waals surface area contributed by atoms with Gasteiger partial charge in [-0.1, -0.05) is 6.08 Å². The zero-order chi connectivity index (χ0) is 4.12. The van der Waals surface area contributed by atoms with Crippen LogP contribution in [-0.2, 0) is 4.18 Å². The average Bonchev–Trinajstić information content (AvgIpc) is 1.41. The van der Waals surface area contributed by atoms with E-state index in [1.54, 1.807) is 6.08 Å². The van der Waals surface area contributed by atoms with Crippen molar-refractivity contribution in [3.8, 4) is 0 Å². The fourth-order valence-electron chi connectivity index (χ4n) is 0.0609. The second-order valence-electron chi connectivity index (χ2n) is 0.575. The van der Waals surface area contributed by atoms with Gasteiger partial charge in [-0.05, 0) is 6.92 Å². The van der Waals surface area contributed by atoms with E-state index in [9.17, 15) is 0 Å². The minimum Gasteiger partial charge on any atom is -0.437 e. The maximum Gasteiger partial charge on any atom is 0.0963 e. The average molecular weight is 90.1 g/mol. The summed E-state index contributed by atoms with van der Waals surface area (Å²) in [6.45, 7) is 1.86. The van der Waals surface area contributed by atoms with Crippen molar-refractivity contribution in [3.05, 3.63) is 12.3 Å². The molecule has 0 unspecified atom stereocenters. The minimum absolute atomic E-state index is 1.49. The summed E-state index contributed by atoms with van der Waals surface area (Å²) in [5.41, 5.74) is 0. The summed E-state index contributed by atoms with van der Waals surface area (Å²) in [6.07, 6.45) is 3.25. The van der Waals surface area contributed by atoms with Gasteiger partial charge in [0.05, 0.1) is 6.26 Å². The van der Waals surface area contributed by atoms with E-state index in [0.29, 0.717) is 0 Å². The van der Waals surface area contributed by atoms with Crippen LogP contribution in [0.2, 0.25) is 0 Å². The third-order valence-corrected chi connectivity index (χ3v) is 0.319. The van der Waals surface area contributed by atoms with Crippen molar-refractivity contribution in [2.24, 2.45) is 0 Å². The first kappa shape index (κ1) is 4.89. The SMILES string of the molecule is C/C=C\OS. The van der Waals surface area contributed by atoms with E-state index in [0.717, 1.165) is 0 Å². The smallest absolute Gasteiger partial charge is 0.0963 e. The van der Waals surface area contributed by atoms with Crippen molar-refractivity contribution < 1.29 is 4.18 Å². The van der Waals surface area contributed by atoms with Gasteiger partial charge in [-0.25, -0.2) is 0 Å². The molecular formula is C3H6OS. The Hall–Kier alpha value is -0.110. The summed E-state index contributed by atoms with van der Waals surface area (Å²) in [6, 6.07) is 0. The molecule has 5 heavy (non-hydrogen) atoms. The Morgan fingerprint density at radius 2 is 2.40 bits per heavy atom. The fraction of sp³-hybridized carbons (Fsp3) is 0.333. The van der Waals surface area contributed by atoms with Crippen molar-refractivity contribution in [2.45, 2.75) is 6.92 Å². The van der Waals surface area contributed by atoms with E-state index < -0.39 is 0 Å². The lowest BCUT2D eigenvalue weighted by Gasteiger charge is -1.73. The molecule has 2 heteroatoms. The maximum atomic E-state index is 4.20. The Morgan fingerprint density at radius 1 is 1.80 bits per heavy atom. The Balaban J connectivity index is 2.62. The Morgan fingerprint density at radius 3 is 2.40 bits per heavy atom. The monoisotopic (exact) mass is 90.0 g/mol. The van der Waals surface area contributed by atoms with Gasteiger partial charge in [-0.2, -0.15) is 0 Å². The van der Waals surface area contributed by atoms with Crippen LogP contribution >= 0.6 is 12.9 Å². The lowest BCUT2D eigenvalue weighted by molar-refractivity contribution is 0.576. The van der Waals surface area contributed by atoms with Crippen molar-refractivity contribution in [3.63, 3.8) is 0 Å². The third-order valence-electron chi connectivity index (χ3n) is 0.197. The van der Waals surface area contributed by atoms with Crippen LogP contribution in [0.25, 0.3) is 0 Å². The summed E-state index contributed by atoms with van der Waals surface area (Å²) in [5, 5.41) is 0. The van der Waals surface area contributed by atoms with Crippen LogP contribution in [0.4, 0.5) is 0 Å². The van der Waals surface area contributed by atoms with Gasteiger partial charge < -0.3 is 4.18 Å². The molecule has 0 aromatic rings. The molecule has 0 aliphatic heterocycles. The number of hydrogen-bond acceptors (Lipinski definition) is 2. The first-order chi connectivity index (χ1) is 2.41. The highest BCUT2D eigenvalue weighted by molar-refractivity contribution is 7.75. The van der Waals surface area contributed by atoms with Crippen LogP contribution < -0.4 is 0 Å². The van der Waals surface area contributed by atoms with Gasteiger partial charge in [-0.15, -0.1) is 0 Å². The molecular weight excluding hydrogens is 84.1 g/mol. The highest BCUT2D eigenvalue weighted by atomic mass is 32.1. The van der Waals surface area contributed by atoms with Crippen molar-refractivity contribution in [1.82, 2.24) is 0 Å². The molecule has 0 spiro atoms. The first-order valence-corrected chi connectivity index (χ1v) is 1.69. The minimum atomic E-state index is 1.49. The molecule has 0 bridgehead atoms. The molecule has 0 rings (SSSR count). The molecule has 0 aromatic heterocycles. The van der Waals surface area contributed by atoms with Crippen LogP contribution in [0.5, 0.6) is 0 Å². The Bertz CT molecular complexity index is 33.9. The van der Waals surface area contributed by atoms with Gasteiger partial charge >= 0.3 is 0 Å². The van der Waals surface area contributed by atoms with Crippen LogP contribution in [0, 0.1) is 0 Å². The molecule has 0 amide bonds. The van der Waals surface area contributed by atoms with Gasteiger partial charge in [0.2, 0.25) is 0 Å². The third kappa shape index (κ3) is 3.89. The topological polar surface area (TPSA) is 9.23 Å². The molecule has 0 fully saturated rings. The van der Waals surface area contributed by atoms with Gasteiger partial charge in [0.15, 0.2) is 0 Å². The Kier molecular flexibility index (Phi) is 3.80. The standard InChI is InChI=1S/C3H6OS/c1-2-3-4-5/h2-3,5H,1H3/b3-2-. The zero-order valence-electron chi connectivity index (χ0n) is 3.01. The summed E-state index contributed by atoms with van der Waals surface area (Å²) >= 11 is 3.41. The van der Waals surface area contributed by atoms with E-state index in [1.165, 1.54) is 6.26 Å². The van der Waals surface area contributed by atoms with Gasteiger partial charge in [-0.3, -0.25) is 0 Å². The lowest BCUT2D eigenvalue weighted by atomic mass is 10.8. The molecule has 0 atom stereocenters. The van der Waals surface area contributed by atoms with E-state index >= 15 is 0 Å². The number of rotatable bonds is 1. The predicted octanol–water partition coefficient (Wildman–Crippen LogP) is 1.38. The van der Waals surface area contributed by atoms with Crippen molar-refractivity contribution in [2.75, 3.05) is 0 Å². The molecule has 0 saturated heterocycles. The van der Waals surface area contributed by atoms with Crippen molar-refractivity contribution >= 4 is 12.9 Å². The highest BCUT2D eigenvalue weighted by Gasteiger charge is 1.48. The summed E-state index contributed by atoms with van der Waals surface area (Å²) in [5.74, 6) is 0. The van der Waals surface area contributed by atoms with Gasteiger partial charge in [0.25, 0.3) is 0 Å². The van der Waals surface area contributed by atoms with Crippen LogP contribution in [0.1, 0.15) is 6.92 Å². The molecule has 0 aromatic carbocycles. The maximum absolute atomic E-state index is 4.20. The highest BCUT2D eigenvalue weighted by Crippen LogP contribution is 1.76. The van der Waals surface area contributed by atoms with Gasteiger partial charge in [0.1, 0.15) is 0 Å². The second-order valence-corrected chi connectivity index (χ2v) is 0.786. The molecule has 0 N–H and O–H groups in total. The quantitative estimate of drug-likeness (QED) is 0.291. The summed E-state index contributed by atoms with van der Waals surface area (Å²) < 4.78 is 4.20. The van der Waals surface area contributed by atoms with E-state index in [1.807, 2.05) is 6.92 Å². The van der Waals surface area contributed by atoms with E-state index in [4.69, 9.17) is 0 Å². The first-order valence-electron chi connectivity index (χ1n) is 1.33.